The summed E-state index contributed by atoms with van der Waals surface area (Å²) in [4.78, 5) is 22.0. The van der Waals surface area contributed by atoms with Crippen molar-refractivity contribution in [1.82, 2.24) is 5.16 Å². The lowest BCUT2D eigenvalue weighted by molar-refractivity contribution is -0.386. The van der Waals surface area contributed by atoms with Gasteiger partial charge in [0.25, 0.3) is 0 Å². The van der Waals surface area contributed by atoms with E-state index in [0.717, 1.165) is 11.2 Å². The van der Waals surface area contributed by atoms with Gasteiger partial charge in [-0.05, 0) is 30.9 Å². The molecule has 0 aliphatic carbocycles. The van der Waals surface area contributed by atoms with Gasteiger partial charge in [-0.3, -0.25) is 14.9 Å². The first-order valence-electron chi connectivity index (χ1n) is 5.42. The number of hydrogen-bond donors (Lipinski definition) is 0. The normalized spacial score (nSPS) is 15.2. The van der Waals surface area contributed by atoms with Crippen LogP contribution < -0.4 is 0 Å². The lowest BCUT2D eigenvalue weighted by Gasteiger charge is -2.06. The zero-order valence-corrected chi connectivity index (χ0v) is 10.8. The fourth-order valence-corrected chi connectivity index (χ4v) is 2.36. The van der Waals surface area contributed by atoms with Crippen LogP contribution in [-0.4, -0.2) is 16.4 Å². The number of hydrogen-bond acceptors (Lipinski definition) is 6. The largest absolute Gasteiger partial charge is 0.349 e. The summed E-state index contributed by atoms with van der Waals surface area (Å²) in [5.74, 6) is 0.0791. The molecule has 0 fully saturated rings. The van der Waals surface area contributed by atoms with Gasteiger partial charge < -0.3 is 4.52 Å². The highest BCUT2D eigenvalue weighted by Crippen LogP contribution is 2.30. The van der Waals surface area contributed by atoms with E-state index in [1.54, 1.807) is 6.08 Å². The number of aldehydes is 1. The molecule has 2 heterocycles. The first kappa shape index (κ1) is 13.3. The number of carbonyl (C=O) groups excluding carboxylic acids is 1. The number of carbonyl (C=O) groups is 1. The van der Waals surface area contributed by atoms with Crippen molar-refractivity contribution in [3.05, 3.63) is 49.6 Å². The third kappa shape index (κ3) is 2.82. The van der Waals surface area contributed by atoms with Crippen molar-refractivity contribution in [3.8, 4) is 0 Å². The second kappa shape index (κ2) is 5.66. The fraction of sp³-hybridized carbons (Fsp3) is 0.167. The Morgan fingerprint density at radius 2 is 2.32 bits per heavy atom. The Bertz CT molecular complexity index is 613. The Kier molecular flexibility index (Phi) is 3.96. The van der Waals surface area contributed by atoms with E-state index < -0.39 is 4.92 Å². The summed E-state index contributed by atoms with van der Waals surface area (Å²) in [5.41, 5.74) is 0.717. The van der Waals surface area contributed by atoms with Crippen LogP contribution in [0.3, 0.4) is 0 Å². The Morgan fingerprint density at radius 3 is 3.00 bits per heavy atom. The fourth-order valence-electron chi connectivity index (χ4n) is 1.59. The van der Waals surface area contributed by atoms with Gasteiger partial charge >= 0.3 is 5.69 Å². The summed E-state index contributed by atoms with van der Waals surface area (Å²) in [6.45, 7) is 1.51. The van der Waals surface area contributed by atoms with Crippen LogP contribution >= 0.6 is 11.8 Å². The first-order chi connectivity index (χ1) is 9.13. The Labute approximate surface area is 113 Å². The quantitative estimate of drug-likeness (QED) is 0.478. The van der Waals surface area contributed by atoms with Gasteiger partial charge in [-0.25, -0.2) is 0 Å². The number of nitro groups is 1. The molecule has 0 amide bonds. The number of rotatable bonds is 4. The predicted molar refractivity (Wildman–Crippen MR) is 71.4 cm³/mol. The van der Waals surface area contributed by atoms with Gasteiger partial charge in [-0.2, -0.15) is 0 Å². The Balaban J connectivity index is 2.31. The minimum atomic E-state index is -0.533. The highest BCUT2D eigenvalue weighted by atomic mass is 32.2. The molecule has 0 N–H and O–H groups in total. The van der Waals surface area contributed by atoms with E-state index in [4.69, 9.17) is 4.52 Å². The van der Waals surface area contributed by atoms with E-state index in [2.05, 4.69) is 5.16 Å². The molecule has 1 aliphatic heterocycles. The van der Waals surface area contributed by atoms with Crippen LogP contribution in [0.1, 0.15) is 17.9 Å². The summed E-state index contributed by atoms with van der Waals surface area (Å²) in [5, 5.41) is 16.3. The highest BCUT2D eigenvalue weighted by molar-refractivity contribution is 8.06. The Morgan fingerprint density at radius 1 is 1.53 bits per heavy atom. The maximum absolute atomic E-state index is 10.9. The molecule has 98 valence electrons. The van der Waals surface area contributed by atoms with Gasteiger partial charge in [0.15, 0.2) is 5.69 Å². The van der Waals surface area contributed by atoms with Crippen LogP contribution in [0.25, 0.3) is 6.08 Å². The Hall–Kier alpha value is -2.15. The van der Waals surface area contributed by atoms with Crippen LogP contribution in [0, 0.1) is 17.0 Å². The topological polar surface area (TPSA) is 86.2 Å². The smallest absolute Gasteiger partial charge is 0.338 e. The molecule has 0 bridgehead atoms. The van der Waals surface area contributed by atoms with Crippen LogP contribution in [0.2, 0.25) is 0 Å². The summed E-state index contributed by atoms with van der Waals surface area (Å²) in [6, 6.07) is 0. The van der Waals surface area contributed by atoms with Gasteiger partial charge in [0.1, 0.15) is 6.29 Å². The molecule has 0 aromatic carbocycles. The summed E-state index contributed by atoms with van der Waals surface area (Å²) < 4.78 is 4.90. The number of allylic oxidation sites excluding steroid dienone is 3. The summed E-state index contributed by atoms with van der Waals surface area (Å²) in [6.07, 6.45) is 6.32. The maximum Gasteiger partial charge on any atom is 0.338 e. The van der Waals surface area contributed by atoms with E-state index in [1.165, 1.54) is 24.8 Å². The second-order valence-corrected chi connectivity index (χ2v) is 4.72. The number of aryl methyl sites for hydroxylation is 1. The molecule has 0 unspecified atom stereocenters. The molecule has 0 saturated heterocycles. The molecule has 6 nitrogen and oxygen atoms in total. The molecule has 0 saturated carbocycles. The van der Waals surface area contributed by atoms with Crippen molar-refractivity contribution in [1.29, 1.82) is 0 Å². The van der Waals surface area contributed by atoms with Crippen molar-refractivity contribution < 1.29 is 14.2 Å². The molecule has 7 heteroatoms. The summed E-state index contributed by atoms with van der Waals surface area (Å²) in [7, 11) is 0. The monoisotopic (exact) mass is 278 g/mol. The highest BCUT2D eigenvalue weighted by Gasteiger charge is 2.22. The van der Waals surface area contributed by atoms with E-state index >= 15 is 0 Å². The maximum atomic E-state index is 10.9. The van der Waals surface area contributed by atoms with E-state index in [1.807, 2.05) is 11.5 Å². The van der Waals surface area contributed by atoms with Gasteiger partial charge in [0.05, 0.1) is 4.92 Å². The molecule has 0 spiro atoms. The lowest BCUT2D eigenvalue weighted by Crippen LogP contribution is -1.91. The van der Waals surface area contributed by atoms with Crippen molar-refractivity contribution in [2.75, 3.05) is 0 Å². The molecule has 19 heavy (non-hydrogen) atoms. The molecule has 1 aromatic heterocycles. The first-order valence-corrected chi connectivity index (χ1v) is 6.30. The van der Waals surface area contributed by atoms with E-state index in [9.17, 15) is 14.9 Å². The average molecular weight is 278 g/mol. The molecule has 2 rings (SSSR count). The average Bonchev–Trinajstić information content (AvgIpc) is 2.78. The third-order valence-corrected chi connectivity index (χ3v) is 3.49. The minimum Gasteiger partial charge on any atom is -0.349 e. The van der Waals surface area contributed by atoms with Gasteiger partial charge in [0.2, 0.25) is 5.76 Å². The van der Waals surface area contributed by atoms with E-state index in [-0.39, 0.29) is 17.1 Å². The lowest BCUT2D eigenvalue weighted by atomic mass is 10.2. The van der Waals surface area contributed by atoms with Gasteiger partial charge in [0, 0.05) is 10.5 Å². The van der Waals surface area contributed by atoms with Crippen LogP contribution in [0.15, 0.2) is 32.6 Å². The zero-order valence-electron chi connectivity index (χ0n) is 10.0. The molecular weight excluding hydrogens is 268 g/mol. The summed E-state index contributed by atoms with van der Waals surface area (Å²) >= 11 is 1.39. The number of thioether (sulfide) groups is 1. The minimum absolute atomic E-state index is 0.0791. The van der Waals surface area contributed by atoms with Gasteiger partial charge in [-0.15, -0.1) is 0 Å². The van der Waals surface area contributed by atoms with Crippen molar-refractivity contribution in [2.24, 2.45) is 0 Å². The van der Waals surface area contributed by atoms with Crippen molar-refractivity contribution in [2.45, 2.75) is 13.3 Å². The molecule has 1 aliphatic rings. The zero-order chi connectivity index (χ0) is 13.8. The molecule has 1 aromatic rings. The molecule has 0 atom stereocenters. The van der Waals surface area contributed by atoms with Crippen molar-refractivity contribution in [3.63, 3.8) is 0 Å². The van der Waals surface area contributed by atoms with Gasteiger partial charge in [-0.1, -0.05) is 23.0 Å². The van der Waals surface area contributed by atoms with Crippen LogP contribution in [0.5, 0.6) is 0 Å². The molecular formula is C12H10N2O4S. The van der Waals surface area contributed by atoms with Crippen LogP contribution in [0.4, 0.5) is 5.69 Å². The number of nitrogens with zero attached hydrogens (tertiary/aromatic N) is 2. The van der Waals surface area contributed by atoms with Crippen LogP contribution in [-0.2, 0) is 4.79 Å². The number of aromatic nitrogens is 1. The second-order valence-electron chi connectivity index (χ2n) is 3.77. The molecule has 0 radical (unpaired) electrons. The van der Waals surface area contributed by atoms with E-state index in [0.29, 0.717) is 12.0 Å². The SMILES string of the molecule is Cc1noc(/C=C/C2=C(C=O)CC=CS2)c1[N+](=O)[O-]. The standard InChI is InChI=1S/C12H10N2O4S/c1-8-12(14(16)17)10(18-13-8)4-5-11-9(7-15)3-2-6-19-11/h2,4-7H,3H2,1H3/b5-4+. The van der Waals surface area contributed by atoms with Crippen molar-refractivity contribution >= 4 is 29.8 Å². The third-order valence-electron chi connectivity index (χ3n) is 2.51. The predicted octanol–water partition coefficient (Wildman–Crippen LogP) is 3.01.